The Bertz CT molecular complexity index is 1310. The van der Waals surface area contributed by atoms with Gasteiger partial charge in [-0.05, 0) is 94.6 Å². The van der Waals surface area contributed by atoms with E-state index in [0.29, 0.717) is 57.1 Å². The highest BCUT2D eigenvalue weighted by molar-refractivity contribution is 5.91. The van der Waals surface area contributed by atoms with Crippen LogP contribution in [0.3, 0.4) is 0 Å². The van der Waals surface area contributed by atoms with E-state index in [1.54, 1.807) is 6.20 Å². The average Bonchev–Trinajstić information content (AvgIpc) is 3.13. The lowest BCUT2D eigenvalue weighted by Gasteiger charge is -2.33. The quantitative estimate of drug-likeness (QED) is 0.0770. The number of nitrogens with one attached hydrogen (secondary N) is 1. The Balaban J connectivity index is 1.46. The van der Waals surface area contributed by atoms with Crippen LogP contribution >= 0.6 is 0 Å². The molecule has 0 bridgehead atoms. The van der Waals surface area contributed by atoms with Gasteiger partial charge in [-0.25, -0.2) is 4.98 Å². The number of aryl methyl sites for hydroxylation is 1. The van der Waals surface area contributed by atoms with Gasteiger partial charge in [0.1, 0.15) is 24.0 Å². The first-order valence-electron chi connectivity index (χ1n) is 18.7. The minimum atomic E-state index is -1.66. The van der Waals surface area contributed by atoms with Crippen LogP contribution in [0, 0.1) is 18.8 Å². The van der Waals surface area contributed by atoms with Crippen molar-refractivity contribution in [2.45, 2.75) is 102 Å². The number of aromatic nitrogens is 2. The molecule has 1 fully saturated rings. The van der Waals surface area contributed by atoms with E-state index < -0.39 is 36.9 Å². The van der Waals surface area contributed by atoms with Gasteiger partial charge in [0.15, 0.2) is 0 Å². The van der Waals surface area contributed by atoms with Crippen LogP contribution in [-0.4, -0.2) is 134 Å². The molecule has 1 saturated heterocycles. The standard InChI is InChI=1S/C38H62N6O7/c1-3-4-5-8-17-43(25-32(46)36(49)37(50)33(47)26-45)18-9-12-34(48)44-19-13-28(14-20-44)23-40-24-29(21-30-11-7-6-10-27(30)2)22-31-35(38(39)51)42-16-15-41-31/h6-7,10-11,15-16,28-29,32-33,36-37,40,45-47,49-50H,3-5,8-9,12-14,17-26H2,1-2H3,(H2,39,51)/t29-,32+,33-,36-,37-/m1/s1. The molecule has 0 aliphatic carbocycles. The van der Waals surface area contributed by atoms with Crippen molar-refractivity contribution in [3.8, 4) is 0 Å². The summed E-state index contributed by atoms with van der Waals surface area (Å²) in [5, 5.41) is 53.3. The van der Waals surface area contributed by atoms with E-state index >= 15 is 0 Å². The summed E-state index contributed by atoms with van der Waals surface area (Å²) >= 11 is 0. The third-order valence-electron chi connectivity index (χ3n) is 10.1. The van der Waals surface area contributed by atoms with Crippen LogP contribution in [0.1, 0.15) is 85.6 Å². The molecule has 2 aromatic rings. The van der Waals surface area contributed by atoms with Crippen molar-refractivity contribution in [3.63, 3.8) is 0 Å². The Morgan fingerprint density at radius 1 is 0.961 bits per heavy atom. The fourth-order valence-corrected chi connectivity index (χ4v) is 6.84. The number of piperidine rings is 1. The molecule has 13 heteroatoms. The predicted molar refractivity (Wildman–Crippen MR) is 196 cm³/mol. The van der Waals surface area contributed by atoms with Crippen LogP contribution < -0.4 is 11.1 Å². The number of benzene rings is 1. The molecule has 13 nitrogen and oxygen atoms in total. The summed E-state index contributed by atoms with van der Waals surface area (Å²) in [5.74, 6) is 0.155. The molecule has 51 heavy (non-hydrogen) atoms. The molecule has 1 aromatic carbocycles. The van der Waals surface area contributed by atoms with Gasteiger partial charge in [0.25, 0.3) is 5.91 Å². The number of carbonyl (C=O) groups excluding carboxylic acids is 2. The molecular formula is C38H62N6O7. The van der Waals surface area contributed by atoms with Gasteiger partial charge in [0.2, 0.25) is 5.91 Å². The molecule has 2 amide bonds. The number of amides is 2. The molecule has 286 valence electrons. The number of aliphatic hydroxyl groups is 5. The van der Waals surface area contributed by atoms with Crippen molar-refractivity contribution in [1.82, 2.24) is 25.1 Å². The highest BCUT2D eigenvalue weighted by atomic mass is 16.4. The normalized spacial score (nSPS) is 16.9. The van der Waals surface area contributed by atoms with E-state index in [2.05, 4.69) is 41.3 Å². The van der Waals surface area contributed by atoms with Crippen molar-refractivity contribution in [2.75, 3.05) is 52.4 Å². The molecule has 0 unspecified atom stereocenters. The summed E-state index contributed by atoms with van der Waals surface area (Å²) in [6, 6.07) is 8.31. The van der Waals surface area contributed by atoms with Gasteiger partial charge < -0.3 is 46.4 Å². The predicted octanol–water partition coefficient (Wildman–Crippen LogP) is 1.21. The first kappa shape index (κ1) is 42.4. The van der Waals surface area contributed by atoms with Gasteiger partial charge >= 0.3 is 0 Å². The molecule has 1 aliphatic heterocycles. The zero-order chi connectivity index (χ0) is 37.2. The molecule has 8 N–H and O–H groups in total. The van der Waals surface area contributed by atoms with E-state index in [-0.39, 0.29) is 24.1 Å². The second kappa shape index (κ2) is 22.8. The fraction of sp³-hybridized carbons (Fsp3) is 0.684. The Labute approximate surface area is 303 Å². The number of nitrogens with zero attached hydrogens (tertiary/aromatic N) is 4. The number of aliphatic hydroxyl groups excluding tert-OH is 5. The third kappa shape index (κ3) is 14.5. The van der Waals surface area contributed by atoms with Crippen molar-refractivity contribution in [3.05, 3.63) is 59.2 Å². The minimum Gasteiger partial charge on any atom is -0.394 e. The lowest BCUT2D eigenvalue weighted by molar-refractivity contribution is -0.132. The van der Waals surface area contributed by atoms with Crippen molar-refractivity contribution < 1.29 is 35.1 Å². The SMILES string of the molecule is CCCCCCN(CCCC(=O)N1CCC(CNC[C@H](Cc2ccccc2C)Cc2nccnc2C(N)=O)CC1)C[C@H](O)[C@@H](O)[C@H](O)[C@H](O)CO. The van der Waals surface area contributed by atoms with Gasteiger partial charge in [-0.1, -0.05) is 50.5 Å². The number of nitrogens with two attached hydrogens (primary N) is 1. The molecule has 1 aromatic heterocycles. The number of unbranched alkanes of at least 4 members (excludes halogenated alkanes) is 3. The number of rotatable bonds is 24. The van der Waals surface area contributed by atoms with Gasteiger partial charge in [-0.3, -0.25) is 14.6 Å². The van der Waals surface area contributed by atoms with Crippen LogP contribution in [-0.2, 0) is 17.6 Å². The molecule has 5 atom stereocenters. The first-order chi connectivity index (χ1) is 24.5. The maximum absolute atomic E-state index is 13.1. The van der Waals surface area contributed by atoms with Gasteiger partial charge in [-0.2, -0.15) is 0 Å². The minimum absolute atomic E-state index is 0.0892. The number of hydrogen-bond acceptors (Lipinski definition) is 11. The summed E-state index contributed by atoms with van der Waals surface area (Å²) in [5.41, 5.74) is 8.89. The van der Waals surface area contributed by atoms with Crippen molar-refractivity contribution in [1.29, 1.82) is 0 Å². The maximum atomic E-state index is 13.1. The zero-order valence-electron chi connectivity index (χ0n) is 30.6. The van der Waals surface area contributed by atoms with Gasteiger partial charge in [0.05, 0.1) is 18.4 Å². The van der Waals surface area contributed by atoms with E-state index in [4.69, 9.17) is 10.8 Å². The lowest BCUT2D eigenvalue weighted by atomic mass is 9.91. The molecular weight excluding hydrogens is 652 g/mol. The van der Waals surface area contributed by atoms with Gasteiger partial charge in [-0.15, -0.1) is 0 Å². The highest BCUT2D eigenvalue weighted by Crippen LogP contribution is 2.20. The fourth-order valence-electron chi connectivity index (χ4n) is 6.84. The Kier molecular flexibility index (Phi) is 18.9. The highest BCUT2D eigenvalue weighted by Gasteiger charge is 2.31. The number of primary amides is 1. The summed E-state index contributed by atoms with van der Waals surface area (Å²) in [4.78, 5) is 37.7. The smallest absolute Gasteiger partial charge is 0.269 e. The zero-order valence-corrected chi connectivity index (χ0v) is 30.6. The first-order valence-corrected chi connectivity index (χ1v) is 18.7. The number of carbonyl (C=O) groups is 2. The van der Waals surface area contributed by atoms with Crippen molar-refractivity contribution >= 4 is 11.8 Å². The summed E-state index contributed by atoms with van der Waals surface area (Å²) in [6.07, 6.45) is 5.30. The maximum Gasteiger partial charge on any atom is 0.269 e. The Hall–Kier alpha value is -3.04. The summed E-state index contributed by atoms with van der Waals surface area (Å²) in [6.45, 7) is 7.83. The molecule has 0 spiro atoms. The van der Waals surface area contributed by atoms with E-state index in [1.165, 1.54) is 17.3 Å². The van der Waals surface area contributed by atoms with Crippen LogP contribution in [0.5, 0.6) is 0 Å². The number of likely N-dealkylation sites (tertiary alicyclic amines) is 1. The van der Waals surface area contributed by atoms with E-state index in [0.717, 1.165) is 58.0 Å². The van der Waals surface area contributed by atoms with Crippen molar-refractivity contribution in [2.24, 2.45) is 17.6 Å². The summed E-state index contributed by atoms with van der Waals surface area (Å²) < 4.78 is 0. The van der Waals surface area contributed by atoms with Gasteiger partial charge in [0, 0.05) is 38.4 Å². The molecule has 2 heterocycles. The monoisotopic (exact) mass is 714 g/mol. The number of hydrogen-bond donors (Lipinski definition) is 7. The van der Waals surface area contributed by atoms with E-state index in [9.17, 15) is 30.0 Å². The molecule has 0 saturated carbocycles. The third-order valence-corrected chi connectivity index (χ3v) is 10.1. The second-order valence-corrected chi connectivity index (χ2v) is 14.2. The molecule has 0 radical (unpaired) electrons. The topological polar surface area (TPSA) is 206 Å². The molecule has 3 rings (SSSR count). The lowest BCUT2D eigenvalue weighted by Crippen LogP contribution is -2.50. The second-order valence-electron chi connectivity index (χ2n) is 14.2. The van der Waals surface area contributed by atoms with Crippen LogP contribution in [0.2, 0.25) is 0 Å². The van der Waals surface area contributed by atoms with Crippen LogP contribution in [0.15, 0.2) is 36.7 Å². The van der Waals surface area contributed by atoms with Crippen LogP contribution in [0.4, 0.5) is 0 Å². The largest absolute Gasteiger partial charge is 0.394 e. The average molecular weight is 715 g/mol. The Morgan fingerprint density at radius 3 is 2.33 bits per heavy atom. The van der Waals surface area contributed by atoms with Crippen LogP contribution in [0.25, 0.3) is 0 Å². The Morgan fingerprint density at radius 2 is 1.65 bits per heavy atom. The van der Waals surface area contributed by atoms with E-state index in [1.807, 2.05) is 21.9 Å². The molecule has 1 aliphatic rings. The summed E-state index contributed by atoms with van der Waals surface area (Å²) in [7, 11) is 0.